The molecule has 0 bridgehead atoms. The number of carbonyl (C=O) groups is 1. The monoisotopic (exact) mass is 260 g/mol. The van der Waals surface area contributed by atoms with Crippen LogP contribution in [0.25, 0.3) is 0 Å². The standard InChI is InChI=1S/C17H24O2/c1-12(2)10-13-6-5-7-14(11-13)15-8-3-4-9-16(15)17(18)19/h5-7,11-12,15-16H,3-4,8-10H2,1-2H3,(H,18,19). The number of rotatable bonds is 4. The normalized spacial score (nSPS) is 23.5. The van der Waals surface area contributed by atoms with E-state index < -0.39 is 5.97 Å². The number of carboxylic acid groups (broad SMARTS) is 1. The Morgan fingerprint density at radius 1 is 1.32 bits per heavy atom. The van der Waals surface area contributed by atoms with Gasteiger partial charge >= 0.3 is 5.97 Å². The van der Waals surface area contributed by atoms with Crippen LogP contribution in [-0.4, -0.2) is 11.1 Å². The molecule has 1 aromatic carbocycles. The first kappa shape index (κ1) is 14.1. The third-order valence-corrected chi connectivity index (χ3v) is 4.11. The van der Waals surface area contributed by atoms with Gasteiger partial charge in [0.15, 0.2) is 0 Å². The predicted molar refractivity (Wildman–Crippen MR) is 77.3 cm³/mol. The zero-order valence-electron chi connectivity index (χ0n) is 11.9. The van der Waals surface area contributed by atoms with Crippen LogP contribution < -0.4 is 0 Å². The second-order valence-electron chi connectivity index (χ2n) is 6.18. The van der Waals surface area contributed by atoms with E-state index in [9.17, 15) is 9.90 Å². The maximum atomic E-state index is 11.4. The fraction of sp³-hybridized carbons (Fsp3) is 0.588. The van der Waals surface area contributed by atoms with Gasteiger partial charge in [-0.1, -0.05) is 51.0 Å². The van der Waals surface area contributed by atoms with Crippen molar-refractivity contribution in [2.75, 3.05) is 0 Å². The Morgan fingerprint density at radius 2 is 2.05 bits per heavy atom. The lowest BCUT2D eigenvalue weighted by molar-refractivity contribution is -0.143. The molecule has 2 heteroatoms. The first-order valence-electron chi connectivity index (χ1n) is 7.39. The average molecular weight is 260 g/mol. The minimum atomic E-state index is -0.626. The molecule has 1 saturated carbocycles. The maximum Gasteiger partial charge on any atom is 0.307 e. The van der Waals surface area contributed by atoms with E-state index >= 15 is 0 Å². The highest BCUT2D eigenvalue weighted by atomic mass is 16.4. The lowest BCUT2D eigenvalue weighted by atomic mass is 9.75. The highest BCUT2D eigenvalue weighted by molar-refractivity contribution is 5.71. The molecule has 19 heavy (non-hydrogen) atoms. The van der Waals surface area contributed by atoms with Crippen molar-refractivity contribution in [1.82, 2.24) is 0 Å². The van der Waals surface area contributed by atoms with Gasteiger partial charge in [-0.3, -0.25) is 4.79 Å². The van der Waals surface area contributed by atoms with Crippen LogP contribution in [0.4, 0.5) is 0 Å². The molecule has 1 fully saturated rings. The van der Waals surface area contributed by atoms with E-state index in [2.05, 4.69) is 38.1 Å². The van der Waals surface area contributed by atoms with Crippen LogP contribution >= 0.6 is 0 Å². The lowest BCUT2D eigenvalue weighted by Crippen LogP contribution is -2.25. The Kier molecular flexibility index (Phi) is 4.62. The van der Waals surface area contributed by atoms with Gasteiger partial charge in [0.05, 0.1) is 5.92 Å². The number of carboxylic acids is 1. The van der Waals surface area contributed by atoms with Gasteiger partial charge < -0.3 is 5.11 Å². The molecule has 2 unspecified atom stereocenters. The van der Waals surface area contributed by atoms with Crippen LogP contribution in [0, 0.1) is 11.8 Å². The smallest absolute Gasteiger partial charge is 0.307 e. The van der Waals surface area contributed by atoms with Crippen molar-refractivity contribution in [2.45, 2.75) is 51.9 Å². The van der Waals surface area contributed by atoms with Gasteiger partial charge in [0.1, 0.15) is 0 Å². The van der Waals surface area contributed by atoms with E-state index in [0.717, 1.165) is 32.1 Å². The summed E-state index contributed by atoms with van der Waals surface area (Å²) >= 11 is 0. The zero-order chi connectivity index (χ0) is 13.8. The summed E-state index contributed by atoms with van der Waals surface area (Å²) in [6.07, 6.45) is 5.12. The minimum Gasteiger partial charge on any atom is -0.481 e. The first-order valence-corrected chi connectivity index (χ1v) is 7.39. The van der Waals surface area contributed by atoms with Gasteiger partial charge in [0.25, 0.3) is 0 Å². The van der Waals surface area contributed by atoms with Gasteiger partial charge in [-0.25, -0.2) is 0 Å². The van der Waals surface area contributed by atoms with Crippen LogP contribution in [0.15, 0.2) is 24.3 Å². The highest BCUT2D eigenvalue weighted by Crippen LogP contribution is 2.38. The number of aliphatic carboxylic acids is 1. The Morgan fingerprint density at radius 3 is 2.74 bits per heavy atom. The molecular formula is C17H24O2. The first-order chi connectivity index (χ1) is 9.08. The largest absolute Gasteiger partial charge is 0.481 e. The molecule has 2 nitrogen and oxygen atoms in total. The van der Waals surface area contributed by atoms with Crippen molar-refractivity contribution in [2.24, 2.45) is 11.8 Å². The summed E-state index contributed by atoms with van der Waals surface area (Å²) in [7, 11) is 0. The predicted octanol–water partition coefficient (Wildman–Crippen LogP) is 4.24. The van der Waals surface area contributed by atoms with E-state index in [1.54, 1.807) is 0 Å². The molecule has 2 rings (SSSR count). The van der Waals surface area contributed by atoms with Crippen molar-refractivity contribution in [3.63, 3.8) is 0 Å². The molecular weight excluding hydrogens is 236 g/mol. The van der Waals surface area contributed by atoms with Gasteiger partial charge in [0, 0.05) is 0 Å². The quantitative estimate of drug-likeness (QED) is 0.879. The molecule has 0 amide bonds. The molecule has 104 valence electrons. The highest BCUT2D eigenvalue weighted by Gasteiger charge is 2.31. The van der Waals surface area contributed by atoms with Crippen molar-refractivity contribution >= 4 is 5.97 Å². The molecule has 1 aromatic rings. The molecule has 1 N–H and O–H groups in total. The number of hydrogen-bond acceptors (Lipinski definition) is 1. The third-order valence-electron chi connectivity index (χ3n) is 4.11. The molecule has 1 aliphatic carbocycles. The van der Waals surface area contributed by atoms with Crippen LogP contribution in [0.2, 0.25) is 0 Å². The summed E-state index contributed by atoms with van der Waals surface area (Å²) in [5.41, 5.74) is 2.56. The van der Waals surface area contributed by atoms with Crippen LogP contribution in [0.3, 0.4) is 0 Å². The van der Waals surface area contributed by atoms with Crippen molar-refractivity contribution in [3.05, 3.63) is 35.4 Å². The molecule has 0 heterocycles. The fourth-order valence-corrected chi connectivity index (χ4v) is 3.25. The van der Waals surface area contributed by atoms with Gasteiger partial charge in [-0.05, 0) is 42.2 Å². The summed E-state index contributed by atoms with van der Waals surface area (Å²) in [5, 5.41) is 9.38. The summed E-state index contributed by atoms with van der Waals surface area (Å²) in [6, 6.07) is 8.57. The molecule has 1 aliphatic rings. The van der Waals surface area contributed by atoms with Gasteiger partial charge in [-0.2, -0.15) is 0 Å². The summed E-state index contributed by atoms with van der Waals surface area (Å²) in [4.78, 5) is 11.4. The van der Waals surface area contributed by atoms with Gasteiger partial charge in [-0.15, -0.1) is 0 Å². The molecule has 0 aliphatic heterocycles. The van der Waals surface area contributed by atoms with Crippen molar-refractivity contribution in [3.8, 4) is 0 Å². The fourth-order valence-electron chi connectivity index (χ4n) is 3.25. The Balaban J connectivity index is 2.21. The van der Waals surface area contributed by atoms with E-state index in [1.807, 2.05) is 0 Å². The number of hydrogen-bond donors (Lipinski definition) is 1. The topological polar surface area (TPSA) is 37.3 Å². The Hall–Kier alpha value is -1.31. The summed E-state index contributed by atoms with van der Waals surface area (Å²) in [5.74, 6) is 0.0252. The summed E-state index contributed by atoms with van der Waals surface area (Å²) < 4.78 is 0. The van der Waals surface area contributed by atoms with Crippen LogP contribution in [0.1, 0.15) is 56.6 Å². The van der Waals surface area contributed by atoms with E-state index in [-0.39, 0.29) is 11.8 Å². The van der Waals surface area contributed by atoms with Crippen molar-refractivity contribution < 1.29 is 9.90 Å². The van der Waals surface area contributed by atoms with E-state index in [1.165, 1.54) is 11.1 Å². The Labute approximate surface area is 115 Å². The molecule has 2 atom stereocenters. The molecule has 0 aromatic heterocycles. The zero-order valence-corrected chi connectivity index (χ0v) is 11.9. The summed E-state index contributed by atoms with van der Waals surface area (Å²) in [6.45, 7) is 4.43. The number of benzene rings is 1. The molecule has 0 spiro atoms. The molecule has 0 radical (unpaired) electrons. The van der Waals surface area contributed by atoms with E-state index in [4.69, 9.17) is 0 Å². The SMILES string of the molecule is CC(C)Cc1cccc(C2CCCCC2C(=O)O)c1. The minimum absolute atomic E-state index is 0.192. The Bertz CT molecular complexity index is 437. The third kappa shape index (κ3) is 3.59. The maximum absolute atomic E-state index is 11.4. The second kappa shape index (κ2) is 6.23. The van der Waals surface area contributed by atoms with Crippen LogP contribution in [0.5, 0.6) is 0 Å². The van der Waals surface area contributed by atoms with Crippen molar-refractivity contribution in [1.29, 1.82) is 0 Å². The van der Waals surface area contributed by atoms with E-state index in [0.29, 0.717) is 5.92 Å². The second-order valence-corrected chi connectivity index (χ2v) is 6.18. The van der Waals surface area contributed by atoms with Gasteiger partial charge in [0.2, 0.25) is 0 Å². The van der Waals surface area contributed by atoms with Crippen LogP contribution in [-0.2, 0) is 11.2 Å². The molecule has 0 saturated heterocycles. The lowest BCUT2D eigenvalue weighted by Gasteiger charge is -2.29. The average Bonchev–Trinajstić information content (AvgIpc) is 2.38.